The van der Waals surface area contributed by atoms with E-state index in [0.29, 0.717) is 33.5 Å². The maximum atomic E-state index is 6.08. The largest absolute Gasteiger partial charge is 0.398 e. The molecule has 6 nitrogen and oxygen atoms in total. The van der Waals surface area contributed by atoms with Crippen LogP contribution < -0.4 is 34.4 Å². The third kappa shape index (κ3) is 1.40. The number of fused-ring (bicyclic) bond motifs is 1. The molecule has 0 amide bonds. The second-order valence-electron chi connectivity index (χ2n) is 4.17. The van der Waals surface area contributed by atoms with Gasteiger partial charge in [0.15, 0.2) is 0 Å². The maximum Gasteiger partial charge on any atom is 0.0810 e. The van der Waals surface area contributed by atoms with E-state index in [0.717, 1.165) is 9.13 Å². The molecule has 18 heavy (non-hydrogen) atoms. The summed E-state index contributed by atoms with van der Waals surface area (Å²) in [6.45, 7) is 1.87. The third-order valence-corrected chi connectivity index (χ3v) is 4.56. The minimum atomic E-state index is 0.241. The van der Waals surface area contributed by atoms with E-state index in [2.05, 4.69) is 22.6 Å². The lowest BCUT2D eigenvalue weighted by Crippen LogP contribution is -2.09. The predicted molar refractivity (Wildman–Crippen MR) is 87.9 cm³/mol. The zero-order chi connectivity index (χ0) is 13.8. The number of hydrogen-bond donors (Lipinski definition) is 6. The number of rotatable bonds is 0. The van der Waals surface area contributed by atoms with Crippen molar-refractivity contribution in [2.24, 2.45) is 0 Å². The van der Waals surface area contributed by atoms with Gasteiger partial charge < -0.3 is 34.4 Å². The molecular formula is C11H15IN6. The van der Waals surface area contributed by atoms with Gasteiger partial charge in [0.2, 0.25) is 0 Å². The SMILES string of the molecule is Cc1c(I)c(N)c2c(N)c(N)c(N)c(N)c2c1N. The quantitative estimate of drug-likeness (QED) is 0.307. The summed E-state index contributed by atoms with van der Waals surface area (Å²) in [6, 6.07) is 0. The first-order valence-electron chi connectivity index (χ1n) is 5.17. The number of nitrogens with two attached hydrogens (primary N) is 6. The number of nitrogen functional groups attached to an aromatic ring is 6. The van der Waals surface area contributed by atoms with E-state index in [1.54, 1.807) is 0 Å². The lowest BCUT2D eigenvalue weighted by molar-refractivity contribution is 1.46. The van der Waals surface area contributed by atoms with Crippen LogP contribution in [-0.4, -0.2) is 0 Å². The first-order chi connectivity index (χ1) is 8.29. The van der Waals surface area contributed by atoms with Gasteiger partial charge in [0.05, 0.1) is 28.4 Å². The molecule has 0 heterocycles. The highest BCUT2D eigenvalue weighted by molar-refractivity contribution is 14.1. The highest BCUT2D eigenvalue weighted by Crippen LogP contribution is 2.46. The van der Waals surface area contributed by atoms with Crippen molar-refractivity contribution in [2.45, 2.75) is 6.92 Å². The molecule has 96 valence electrons. The van der Waals surface area contributed by atoms with Crippen molar-refractivity contribution < 1.29 is 0 Å². The van der Waals surface area contributed by atoms with E-state index >= 15 is 0 Å². The van der Waals surface area contributed by atoms with Crippen molar-refractivity contribution in [1.82, 2.24) is 0 Å². The smallest absolute Gasteiger partial charge is 0.0810 e. The van der Waals surface area contributed by atoms with Crippen molar-refractivity contribution in [3.8, 4) is 0 Å². The standard InChI is InChI=1S/C11H15IN6/c1-2-5(12)7(14)4-3(6(2)13)8(15)10(17)11(18)9(4)16/h13-18H2,1H3. The van der Waals surface area contributed by atoms with E-state index in [-0.39, 0.29) is 11.4 Å². The molecule has 0 bridgehead atoms. The van der Waals surface area contributed by atoms with Crippen LogP contribution in [-0.2, 0) is 0 Å². The van der Waals surface area contributed by atoms with Crippen LogP contribution in [0.3, 0.4) is 0 Å². The summed E-state index contributed by atoms with van der Waals surface area (Å²) < 4.78 is 0.841. The molecule has 2 aromatic rings. The Morgan fingerprint density at radius 2 is 1.00 bits per heavy atom. The average molecular weight is 358 g/mol. The van der Waals surface area contributed by atoms with Crippen LogP contribution in [0.15, 0.2) is 0 Å². The molecule has 0 aromatic heterocycles. The van der Waals surface area contributed by atoms with Crippen LogP contribution in [0.4, 0.5) is 34.1 Å². The topological polar surface area (TPSA) is 156 Å². The highest BCUT2D eigenvalue weighted by atomic mass is 127. The van der Waals surface area contributed by atoms with Crippen LogP contribution in [0, 0.1) is 10.5 Å². The van der Waals surface area contributed by atoms with Gasteiger partial charge in [-0.15, -0.1) is 0 Å². The molecule has 0 aliphatic carbocycles. The van der Waals surface area contributed by atoms with Crippen molar-refractivity contribution in [3.05, 3.63) is 9.13 Å². The van der Waals surface area contributed by atoms with Gasteiger partial charge in [0.25, 0.3) is 0 Å². The summed E-state index contributed by atoms with van der Waals surface area (Å²) in [6.07, 6.45) is 0. The molecule has 0 aliphatic heterocycles. The van der Waals surface area contributed by atoms with Crippen molar-refractivity contribution in [3.63, 3.8) is 0 Å². The first kappa shape index (κ1) is 12.7. The lowest BCUT2D eigenvalue weighted by Gasteiger charge is -2.18. The molecule has 0 saturated heterocycles. The Hall–Kier alpha value is -1.77. The summed E-state index contributed by atoms with van der Waals surface area (Å²) in [7, 11) is 0. The van der Waals surface area contributed by atoms with Gasteiger partial charge in [-0.3, -0.25) is 0 Å². The molecule has 12 N–H and O–H groups in total. The van der Waals surface area contributed by atoms with Crippen molar-refractivity contribution >= 4 is 67.5 Å². The van der Waals surface area contributed by atoms with Gasteiger partial charge in [-0.25, -0.2) is 0 Å². The van der Waals surface area contributed by atoms with E-state index in [1.807, 2.05) is 6.92 Å². The fraction of sp³-hybridized carbons (Fsp3) is 0.0909. The van der Waals surface area contributed by atoms with Crippen molar-refractivity contribution in [1.29, 1.82) is 0 Å². The second-order valence-corrected chi connectivity index (χ2v) is 5.25. The van der Waals surface area contributed by atoms with Gasteiger partial charge in [-0.1, -0.05) is 0 Å². The van der Waals surface area contributed by atoms with Crippen LogP contribution >= 0.6 is 22.6 Å². The van der Waals surface area contributed by atoms with Gasteiger partial charge in [0.1, 0.15) is 0 Å². The van der Waals surface area contributed by atoms with Crippen LogP contribution in [0.2, 0.25) is 0 Å². The molecule has 0 unspecified atom stereocenters. The molecule has 7 heteroatoms. The molecular weight excluding hydrogens is 343 g/mol. The number of benzene rings is 2. The molecule has 0 saturated carbocycles. The fourth-order valence-electron chi connectivity index (χ4n) is 2.01. The van der Waals surface area contributed by atoms with Crippen LogP contribution in [0.1, 0.15) is 5.56 Å². The molecule has 2 aromatic carbocycles. The first-order valence-corrected chi connectivity index (χ1v) is 6.25. The summed E-state index contributed by atoms with van der Waals surface area (Å²) in [4.78, 5) is 0. The Morgan fingerprint density at radius 1 is 0.611 bits per heavy atom. The van der Waals surface area contributed by atoms with Gasteiger partial charge in [-0.2, -0.15) is 0 Å². The van der Waals surface area contributed by atoms with E-state index in [1.165, 1.54) is 0 Å². The van der Waals surface area contributed by atoms with E-state index in [9.17, 15) is 0 Å². The Bertz CT molecular complexity index is 567. The summed E-state index contributed by atoms with van der Waals surface area (Å²) in [5.74, 6) is 0. The zero-order valence-corrected chi connectivity index (χ0v) is 12.0. The molecule has 0 aliphatic rings. The Kier molecular flexibility index (Phi) is 2.73. The Labute approximate surface area is 118 Å². The normalized spacial score (nSPS) is 11.0. The van der Waals surface area contributed by atoms with Gasteiger partial charge in [0, 0.05) is 20.0 Å². The minimum Gasteiger partial charge on any atom is -0.398 e. The third-order valence-electron chi connectivity index (χ3n) is 3.17. The van der Waals surface area contributed by atoms with Gasteiger partial charge >= 0.3 is 0 Å². The monoisotopic (exact) mass is 358 g/mol. The Morgan fingerprint density at radius 3 is 1.44 bits per heavy atom. The number of hydrogen-bond acceptors (Lipinski definition) is 6. The lowest BCUT2D eigenvalue weighted by atomic mass is 9.98. The summed E-state index contributed by atoms with van der Waals surface area (Å²) in [5, 5.41) is 1.15. The van der Waals surface area contributed by atoms with Crippen LogP contribution in [0.25, 0.3) is 10.8 Å². The van der Waals surface area contributed by atoms with Crippen LogP contribution in [0.5, 0.6) is 0 Å². The van der Waals surface area contributed by atoms with E-state index in [4.69, 9.17) is 34.4 Å². The predicted octanol–water partition coefficient (Wildman–Crippen LogP) is 1.25. The molecule has 0 radical (unpaired) electrons. The second kappa shape index (κ2) is 3.87. The summed E-state index contributed by atoms with van der Waals surface area (Å²) in [5.41, 5.74) is 38.8. The maximum absolute atomic E-state index is 6.08. The molecule has 0 fully saturated rings. The average Bonchev–Trinajstić information content (AvgIpc) is 2.35. The number of halogens is 1. The number of anilines is 6. The van der Waals surface area contributed by atoms with Crippen molar-refractivity contribution in [2.75, 3.05) is 34.4 Å². The minimum absolute atomic E-state index is 0.241. The van der Waals surface area contributed by atoms with E-state index < -0.39 is 0 Å². The highest BCUT2D eigenvalue weighted by Gasteiger charge is 2.20. The molecule has 2 rings (SSSR count). The van der Waals surface area contributed by atoms with Gasteiger partial charge in [-0.05, 0) is 35.1 Å². The zero-order valence-electron chi connectivity index (χ0n) is 9.84. The fourth-order valence-corrected chi connectivity index (χ4v) is 2.57. The molecule has 0 atom stereocenters. The Balaban J connectivity index is 3.22. The molecule has 0 spiro atoms. The summed E-state index contributed by atoms with van der Waals surface area (Å²) >= 11 is 2.12.